The van der Waals surface area contributed by atoms with Crippen molar-refractivity contribution in [3.05, 3.63) is 0 Å². The van der Waals surface area contributed by atoms with E-state index >= 15 is 0 Å². The van der Waals surface area contributed by atoms with Crippen molar-refractivity contribution >= 4 is 6.41 Å². The number of likely N-dealkylation sites (N-methyl/N-ethyl adjacent to an activating group) is 1. The van der Waals surface area contributed by atoms with E-state index < -0.39 is 0 Å². The van der Waals surface area contributed by atoms with Gasteiger partial charge in [-0.05, 0) is 20.9 Å². The summed E-state index contributed by atoms with van der Waals surface area (Å²) < 4.78 is 4.75. The molecule has 0 aromatic rings. The normalized spacial score (nSPS) is 15.9. The van der Waals surface area contributed by atoms with E-state index in [-0.39, 0.29) is 0 Å². The lowest BCUT2D eigenvalue weighted by Gasteiger charge is -2.32. The van der Waals surface area contributed by atoms with Gasteiger partial charge in [0.1, 0.15) is 0 Å². The molecule has 19 heavy (non-hydrogen) atoms. The molecule has 0 radical (unpaired) electrons. The summed E-state index contributed by atoms with van der Waals surface area (Å²) in [4.78, 5) is 14.7. The van der Waals surface area contributed by atoms with Crippen LogP contribution in [0.1, 0.15) is 27.7 Å². The molecule has 0 unspecified atom stereocenters. The molecule has 1 rings (SSSR count). The van der Waals surface area contributed by atoms with Crippen molar-refractivity contribution in [1.29, 1.82) is 0 Å². The average Bonchev–Trinajstić information content (AvgIpc) is 2.44. The number of carbonyl (C=O) groups excluding carboxylic acids is 1. The summed E-state index contributed by atoms with van der Waals surface area (Å²) in [6.45, 7) is 14.3. The lowest BCUT2D eigenvalue weighted by Crippen LogP contribution is -2.46. The first-order chi connectivity index (χ1) is 9.10. The van der Waals surface area contributed by atoms with Crippen LogP contribution in [0.25, 0.3) is 0 Å². The molecule has 5 nitrogen and oxygen atoms in total. The highest BCUT2D eigenvalue weighted by Gasteiger charge is 2.12. The molecule has 0 spiro atoms. The Bertz CT molecular complexity index is 182. The van der Waals surface area contributed by atoms with Crippen LogP contribution >= 0.6 is 0 Å². The molecular weight excluding hydrogens is 242 g/mol. The Morgan fingerprint density at radius 2 is 1.68 bits per heavy atom. The molecule has 0 bridgehead atoms. The van der Waals surface area contributed by atoms with Gasteiger partial charge in [0.2, 0.25) is 6.41 Å². The first-order valence-electron chi connectivity index (χ1n) is 7.20. The molecule has 0 saturated carbocycles. The molecule has 0 aromatic carbocycles. The highest BCUT2D eigenvalue weighted by Crippen LogP contribution is 1.96. The summed E-state index contributed by atoms with van der Waals surface area (Å²) in [5, 5.41) is 2.67. The van der Waals surface area contributed by atoms with E-state index in [1.54, 1.807) is 7.11 Å². The van der Waals surface area contributed by atoms with Gasteiger partial charge in [0.15, 0.2) is 0 Å². The molecule has 1 N–H and O–H groups in total. The van der Waals surface area contributed by atoms with Crippen LogP contribution in [0.5, 0.6) is 0 Å². The predicted molar refractivity (Wildman–Crippen MR) is 81.5 cm³/mol. The first kappa shape index (κ1) is 20.7. The minimum atomic E-state index is 0.384. The number of nitrogens with zero attached hydrogens (tertiary/aromatic N) is 2. The van der Waals surface area contributed by atoms with Crippen molar-refractivity contribution in [2.45, 2.75) is 33.8 Å². The maximum absolute atomic E-state index is 9.96. The maximum atomic E-state index is 9.96. The topological polar surface area (TPSA) is 44.8 Å². The van der Waals surface area contributed by atoms with Crippen molar-refractivity contribution in [1.82, 2.24) is 15.1 Å². The van der Waals surface area contributed by atoms with Gasteiger partial charge in [-0.3, -0.25) is 9.69 Å². The molecule has 0 atom stereocenters. The van der Waals surface area contributed by atoms with Crippen LogP contribution in [0.15, 0.2) is 0 Å². The zero-order valence-electron chi connectivity index (χ0n) is 13.6. The molecule has 116 valence electrons. The van der Waals surface area contributed by atoms with Crippen molar-refractivity contribution in [2.75, 3.05) is 53.4 Å². The van der Waals surface area contributed by atoms with Gasteiger partial charge in [-0.25, -0.2) is 0 Å². The summed E-state index contributed by atoms with van der Waals surface area (Å²) >= 11 is 0. The minimum Gasteiger partial charge on any atom is -0.382 e. The summed E-state index contributed by atoms with van der Waals surface area (Å²) in [6.07, 6.45) is 1.14. The quantitative estimate of drug-likeness (QED) is 0.602. The third kappa shape index (κ3) is 15.3. The fraction of sp³-hybridized carbons (Fsp3) is 0.929. The number of hydrogen-bond donors (Lipinski definition) is 1. The van der Waals surface area contributed by atoms with Crippen LogP contribution in [0.4, 0.5) is 0 Å². The third-order valence-electron chi connectivity index (χ3n) is 2.72. The van der Waals surface area contributed by atoms with Gasteiger partial charge in [-0.15, -0.1) is 0 Å². The summed E-state index contributed by atoms with van der Waals surface area (Å²) in [7, 11) is 3.84. The molecule has 1 heterocycles. The summed E-state index contributed by atoms with van der Waals surface area (Å²) in [6, 6.07) is 0. The molecule has 1 amide bonds. The number of amides is 1. The third-order valence-corrected chi connectivity index (χ3v) is 2.72. The second kappa shape index (κ2) is 15.4. The molecule has 5 heteroatoms. The molecular formula is C14H33N3O2. The number of hydrogen-bond acceptors (Lipinski definition) is 4. The van der Waals surface area contributed by atoms with E-state index in [9.17, 15) is 4.79 Å². The molecule has 1 aliphatic rings. The Hall–Kier alpha value is -0.650. The number of piperazine rings is 1. The van der Waals surface area contributed by atoms with E-state index in [1.807, 2.05) is 27.7 Å². The van der Waals surface area contributed by atoms with E-state index in [1.165, 1.54) is 0 Å². The molecule has 1 saturated heterocycles. The van der Waals surface area contributed by atoms with Crippen molar-refractivity contribution in [3.8, 4) is 0 Å². The lowest BCUT2D eigenvalue weighted by atomic mass is 10.3. The lowest BCUT2D eigenvalue weighted by molar-refractivity contribution is -0.109. The number of ether oxygens (including phenoxy) is 1. The van der Waals surface area contributed by atoms with Crippen LogP contribution in [0.2, 0.25) is 0 Å². The van der Waals surface area contributed by atoms with Gasteiger partial charge in [-0.2, -0.15) is 0 Å². The molecule has 0 aromatic heterocycles. The molecule has 1 fully saturated rings. The Kier molecular flexibility index (Phi) is 16.8. The highest BCUT2D eigenvalue weighted by molar-refractivity contribution is 5.45. The SMILES string of the molecule is CC.CN1CCN(CCNC=O)CC1.COC(C)C. The van der Waals surface area contributed by atoms with Gasteiger partial charge in [-0.1, -0.05) is 13.8 Å². The number of nitrogens with one attached hydrogen (secondary N) is 1. The molecule has 1 aliphatic heterocycles. The first-order valence-corrected chi connectivity index (χ1v) is 7.20. The highest BCUT2D eigenvalue weighted by atomic mass is 16.5. The van der Waals surface area contributed by atoms with E-state index in [0.29, 0.717) is 6.10 Å². The monoisotopic (exact) mass is 275 g/mol. The second-order valence-electron chi connectivity index (χ2n) is 4.50. The van der Waals surface area contributed by atoms with Crippen LogP contribution < -0.4 is 5.32 Å². The fourth-order valence-electron chi connectivity index (χ4n) is 1.35. The zero-order valence-corrected chi connectivity index (χ0v) is 13.6. The fourth-order valence-corrected chi connectivity index (χ4v) is 1.35. The summed E-state index contributed by atoms with van der Waals surface area (Å²) in [5.41, 5.74) is 0. The number of methoxy groups -OCH3 is 1. The van der Waals surface area contributed by atoms with Crippen LogP contribution in [-0.2, 0) is 9.53 Å². The van der Waals surface area contributed by atoms with Crippen molar-refractivity contribution in [3.63, 3.8) is 0 Å². The van der Waals surface area contributed by atoms with Crippen LogP contribution in [-0.4, -0.2) is 75.7 Å². The van der Waals surface area contributed by atoms with Crippen LogP contribution in [0.3, 0.4) is 0 Å². The summed E-state index contributed by atoms with van der Waals surface area (Å²) in [5.74, 6) is 0. The standard InChI is InChI=1S/C8H17N3O.C4H10O.C2H6/c1-10-4-6-11(7-5-10)3-2-9-8-12;1-4(2)5-3;1-2/h8H,2-7H2,1H3,(H,9,12);4H,1-3H3;1-2H3. The number of carbonyl (C=O) groups is 1. The minimum absolute atomic E-state index is 0.384. The maximum Gasteiger partial charge on any atom is 0.207 e. The van der Waals surface area contributed by atoms with Gasteiger partial charge in [0.05, 0.1) is 6.10 Å². The zero-order chi connectivity index (χ0) is 15.1. The Labute approximate surface area is 119 Å². The second-order valence-corrected chi connectivity index (χ2v) is 4.50. The Morgan fingerprint density at radius 3 is 2.05 bits per heavy atom. The largest absolute Gasteiger partial charge is 0.382 e. The van der Waals surface area contributed by atoms with E-state index in [4.69, 9.17) is 4.74 Å². The van der Waals surface area contributed by atoms with E-state index in [0.717, 1.165) is 45.7 Å². The van der Waals surface area contributed by atoms with Gasteiger partial charge < -0.3 is 15.0 Å². The smallest absolute Gasteiger partial charge is 0.207 e. The van der Waals surface area contributed by atoms with Gasteiger partial charge in [0, 0.05) is 46.4 Å². The Balaban J connectivity index is 0. The van der Waals surface area contributed by atoms with Gasteiger partial charge >= 0.3 is 0 Å². The van der Waals surface area contributed by atoms with Crippen molar-refractivity contribution in [2.24, 2.45) is 0 Å². The molecule has 0 aliphatic carbocycles. The van der Waals surface area contributed by atoms with Gasteiger partial charge in [0.25, 0.3) is 0 Å². The predicted octanol–water partition coefficient (Wildman–Crippen LogP) is 1.05. The Morgan fingerprint density at radius 1 is 1.21 bits per heavy atom. The van der Waals surface area contributed by atoms with Crippen molar-refractivity contribution < 1.29 is 9.53 Å². The average molecular weight is 275 g/mol. The van der Waals surface area contributed by atoms with Crippen LogP contribution in [0, 0.1) is 0 Å². The number of rotatable bonds is 5. The van der Waals surface area contributed by atoms with E-state index in [2.05, 4.69) is 22.2 Å².